The molecule has 1 aromatic heterocycles. The summed E-state index contributed by atoms with van der Waals surface area (Å²) >= 11 is 0. The third-order valence-corrected chi connectivity index (χ3v) is 5.23. The summed E-state index contributed by atoms with van der Waals surface area (Å²) in [6.45, 7) is 2.86. The van der Waals surface area contributed by atoms with E-state index in [4.69, 9.17) is 4.42 Å². The van der Waals surface area contributed by atoms with Gasteiger partial charge < -0.3 is 14.2 Å². The average molecular weight is 290 g/mol. The van der Waals surface area contributed by atoms with Gasteiger partial charge in [0.15, 0.2) is 0 Å². The third-order valence-electron chi connectivity index (χ3n) is 5.23. The van der Waals surface area contributed by atoms with Crippen molar-refractivity contribution in [2.45, 2.75) is 50.6 Å². The molecule has 2 aliphatic rings. The van der Waals surface area contributed by atoms with Crippen LogP contribution in [0.25, 0.3) is 0 Å². The highest BCUT2D eigenvalue weighted by Crippen LogP contribution is 2.42. The molecule has 3 heterocycles. The predicted octanol–water partition coefficient (Wildman–Crippen LogP) is 2.29. The first-order chi connectivity index (χ1) is 10.1. The van der Waals surface area contributed by atoms with Crippen molar-refractivity contribution < 1.29 is 14.0 Å². The zero-order valence-corrected chi connectivity index (χ0v) is 12.7. The Balaban J connectivity index is 1.92. The molecule has 1 aromatic rings. The van der Waals surface area contributed by atoms with E-state index in [1.807, 2.05) is 16.8 Å². The fraction of sp³-hybridized carbons (Fsp3) is 0.625. The Bertz CT molecular complexity index is 540. The number of carbonyl (C=O) groups is 2. The molecule has 5 nitrogen and oxygen atoms in total. The van der Waals surface area contributed by atoms with Gasteiger partial charge in [-0.15, -0.1) is 0 Å². The number of piperidine rings is 1. The number of rotatable bonds is 2. The molecule has 2 saturated heterocycles. The first kappa shape index (κ1) is 14.2. The van der Waals surface area contributed by atoms with Crippen molar-refractivity contribution in [1.82, 2.24) is 9.80 Å². The second-order valence-corrected chi connectivity index (χ2v) is 6.09. The van der Waals surface area contributed by atoms with Gasteiger partial charge in [0.2, 0.25) is 5.91 Å². The minimum absolute atomic E-state index is 0.0161. The highest BCUT2D eigenvalue weighted by atomic mass is 16.3. The monoisotopic (exact) mass is 290 g/mol. The molecule has 21 heavy (non-hydrogen) atoms. The zero-order valence-electron chi connectivity index (χ0n) is 12.7. The number of nitrogens with zero attached hydrogens (tertiary/aromatic N) is 2. The Morgan fingerprint density at radius 2 is 2.29 bits per heavy atom. The first-order valence-electron chi connectivity index (χ1n) is 7.70. The summed E-state index contributed by atoms with van der Waals surface area (Å²) < 4.78 is 5.04. The van der Waals surface area contributed by atoms with Crippen molar-refractivity contribution in [2.24, 2.45) is 0 Å². The summed E-state index contributed by atoms with van der Waals surface area (Å²) in [5.74, 6) is 0.216. The number of likely N-dealkylation sites (N-methyl/N-ethyl adjacent to an activating group) is 1. The van der Waals surface area contributed by atoms with E-state index in [9.17, 15) is 9.59 Å². The van der Waals surface area contributed by atoms with E-state index < -0.39 is 0 Å². The molecule has 0 aromatic carbocycles. The van der Waals surface area contributed by atoms with Crippen molar-refractivity contribution >= 4 is 11.8 Å². The molecular formula is C16H22N2O3. The fourth-order valence-electron chi connectivity index (χ4n) is 4.15. The van der Waals surface area contributed by atoms with E-state index in [2.05, 4.69) is 6.92 Å². The van der Waals surface area contributed by atoms with E-state index >= 15 is 0 Å². The molecule has 5 heteroatoms. The maximum absolute atomic E-state index is 12.7. The number of hydrogen-bond acceptors (Lipinski definition) is 3. The van der Waals surface area contributed by atoms with Crippen molar-refractivity contribution in [2.75, 3.05) is 13.6 Å². The normalized spacial score (nSPS) is 29.4. The molecule has 3 rings (SSSR count). The molecule has 0 radical (unpaired) electrons. The molecule has 0 bridgehead atoms. The highest BCUT2D eigenvalue weighted by molar-refractivity contribution is 5.94. The van der Waals surface area contributed by atoms with Gasteiger partial charge in [-0.1, -0.05) is 6.92 Å². The lowest BCUT2D eigenvalue weighted by Gasteiger charge is -2.51. The van der Waals surface area contributed by atoms with Crippen LogP contribution in [0.3, 0.4) is 0 Å². The van der Waals surface area contributed by atoms with E-state index in [1.165, 1.54) is 12.5 Å². The summed E-state index contributed by atoms with van der Waals surface area (Å²) in [7, 11) is 1.89. The van der Waals surface area contributed by atoms with Crippen LogP contribution in [0.15, 0.2) is 23.0 Å². The average Bonchev–Trinajstić information content (AvgIpc) is 3.12. The molecule has 2 fully saturated rings. The van der Waals surface area contributed by atoms with E-state index in [0.29, 0.717) is 12.0 Å². The standard InChI is InChI=1S/C16H22N2O3/c1-3-13-16(8-5-14(19)17(16)2)7-4-9-18(13)15(20)12-6-10-21-11-12/h6,10-11,13H,3-5,7-9H2,1-2H3/t13-,16-/m0/s1. The van der Waals surface area contributed by atoms with Crippen LogP contribution >= 0.6 is 0 Å². The second-order valence-electron chi connectivity index (χ2n) is 6.09. The largest absolute Gasteiger partial charge is 0.472 e. The summed E-state index contributed by atoms with van der Waals surface area (Å²) in [5, 5.41) is 0. The maximum atomic E-state index is 12.7. The Hall–Kier alpha value is -1.78. The Kier molecular flexibility index (Phi) is 3.51. The van der Waals surface area contributed by atoms with Gasteiger partial charge in [-0.2, -0.15) is 0 Å². The fourth-order valence-corrected chi connectivity index (χ4v) is 4.15. The van der Waals surface area contributed by atoms with E-state index in [0.717, 1.165) is 32.2 Å². The van der Waals surface area contributed by atoms with Gasteiger partial charge in [-0.3, -0.25) is 9.59 Å². The lowest BCUT2D eigenvalue weighted by molar-refractivity contribution is -0.132. The summed E-state index contributed by atoms with van der Waals surface area (Å²) in [5.41, 5.74) is 0.418. The van der Waals surface area contributed by atoms with Gasteiger partial charge in [0, 0.05) is 20.0 Å². The topological polar surface area (TPSA) is 53.8 Å². The van der Waals surface area contributed by atoms with E-state index in [1.54, 1.807) is 6.07 Å². The number of likely N-dealkylation sites (tertiary alicyclic amines) is 2. The predicted molar refractivity (Wildman–Crippen MR) is 77.8 cm³/mol. The van der Waals surface area contributed by atoms with E-state index in [-0.39, 0.29) is 23.4 Å². The molecule has 2 aliphatic heterocycles. The molecule has 2 atom stereocenters. The van der Waals surface area contributed by atoms with Crippen molar-refractivity contribution in [3.63, 3.8) is 0 Å². The van der Waals surface area contributed by atoms with Crippen LogP contribution in [-0.4, -0.2) is 46.8 Å². The van der Waals surface area contributed by atoms with Gasteiger partial charge in [0.1, 0.15) is 6.26 Å². The quantitative estimate of drug-likeness (QED) is 0.839. The number of amides is 2. The highest BCUT2D eigenvalue weighted by Gasteiger charge is 2.52. The lowest BCUT2D eigenvalue weighted by Crippen LogP contribution is -2.63. The smallest absolute Gasteiger partial charge is 0.257 e. The Morgan fingerprint density at radius 3 is 2.86 bits per heavy atom. The molecule has 114 valence electrons. The number of carbonyl (C=O) groups excluding carboxylic acids is 2. The SMILES string of the molecule is CC[C@@H]1N(C(=O)c2ccoc2)CCC[C@]12CCC(=O)N2C. The van der Waals surface area contributed by atoms with Crippen molar-refractivity contribution in [3.8, 4) is 0 Å². The second kappa shape index (κ2) is 5.20. The van der Waals surface area contributed by atoms with Gasteiger partial charge in [-0.25, -0.2) is 0 Å². The van der Waals surface area contributed by atoms with Crippen molar-refractivity contribution in [3.05, 3.63) is 24.2 Å². The van der Waals surface area contributed by atoms with Gasteiger partial charge >= 0.3 is 0 Å². The molecule has 0 aliphatic carbocycles. The van der Waals surface area contributed by atoms with Crippen LogP contribution < -0.4 is 0 Å². The van der Waals surface area contributed by atoms with Crippen LogP contribution in [0.4, 0.5) is 0 Å². The number of furan rings is 1. The van der Waals surface area contributed by atoms with Gasteiger partial charge in [0.25, 0.3) is 5.91 Å². The molecule has 0 N–H and O–H groups in total. The molecule has 1 spiro atoms. The third kappa shape index (κ3) is 2.06. The molecule has 0 saturated carbocycles. The van der Waals surface area contributed by atoms with Crippen LogP contribution in [-0.2, 0) is 4.79 Å². The Labute approximate surface area is 124 Å². The van der Waals surface area contributed by atoms with Gasteiger partial charge in [0.05, 0.1) is 23.4 Å². The summed E-state index contributed by atoms with van der Waals surface area (Å²) in [6, 6.07) is 1.80. The van der Waals surface area contributed by atoms with Crippen LogP contribution in [0.5, 0.6) is 0 Å². The lowest BCUT2D eigenvalue weighted by atomic mass is 9.77. The molecule has 2 amide bonds. The van der Waals surface area contributed by atoms with Gasteiger partial charge in [-0.05, 0) is 31.7 Å². The zero-order chi connectivity index (χ0) is 15.0. The van der Waals surface area contributed by atoms with Crippen LogP contribution in [0, 0.1) is 0 Å². The maximum Gasteiger partial charge on any atom is 0.257 e. The Morgan fingerprint density at radius 1 is 1.48 bits per heavy atom. The van der Waals surface area contributed by atoms with Crippen LogP contribution in [0.2, 0.25) is 0 Å². The van der Waals surface area contributed by atoms with Crippen LogP contribution in [0.1, 0.15) is 49.4 Å². The number of hydrogen-bond donors (Lipinski definition) is 0. The molecule has 0 unspecified atom stereocenters. The summed E-state index contributed by atoms with van der Waals surface area (Å²) in [6.07, 6.45) is 7.28. The minimum atomic E-state index is -0.177. The summed E-state index contributed by atoms with van der Waals surface area (Å²) in [4.78, 5) is 28.6. The molecular weight excluding hydrogens is 268 g/mol. The van der Waals surface area contributed by atoms with Crippen molar-refractivity contribution in [1.29, 1.82) is 0 Å². The minimum Gasteiger partial charge on any atom is -0.472 e. The first-order valence-corrected chi connectivity index (χ1v) is 7.70.